The van der Waals surface area contributed by atoms with Crippen LogP contribution in [0.4, 0.5) is 0 Å². The number of carbonyl (C=O) groups excluding carboxylic acids is 2. The summed E-state index contributed by atoms with van der Waals surface area (Å²) in [6, 6.07) is 7.02. The molecular weight excluding hydrogens is 306 g/mol. The number of ether oxygens (including phenoxy) is 1. The molecule has 0 aliphatic heterocycles. The second kappa shape index (κ2) is 8.83. The summed E-state index contributed by atoms with van der Waals surface area (Å²) in [6.45, 7) is 2.02. The zero-order valence-electron chi connectivity index (χ0n) is 14.3. The Balaban J connectivity index is 1.89. The molecule has 0 spiro atoms. The molecule has 0 aromatic heterocycles. The molecule has 0 atom stereocenters. The Labute approximate surface area is 143 Å². The Kier molecular flexibility index (Phi) is 6.79. The molecule has 132 valence electrons. The zero-order chi connectivity index (χ0) is 17.4. The Morgan fingerprint density at radius 1 is 1.21 bits per heavy atom. The highest BCUT2D eigenvalue weighted by molar-refractivity contribution is 5.96. The van der Waals surface area contributed by atoms with E-state index in [2.05, 4.69) is 5.32 Å². The summed E-state index contributed by atoms with van der Waals surface area (Å²) in [5.41, 5.74) is -0.201. The second-order valence-electron chi connectivity index (χ2n) is 6.61. The van der Waals surface area contributed by atoms with Crippen molar-refractivity contribution in [3.8, 4) is 5.75 Å². The summed E-state index contributed by atoms with van der Waals surface area (Å²) in [7, 11) is 0. The fourth-order valence-corrected chi connectivity index (χ4v) is 3.00. The van der Waals surface area contributed by atoms with Crippen LogP contribution < -0.4 is 10.1 Å². The lowest BCUT2D eigenvalue weighted by Crippen LogP contribution is -2.35. The van der Waals surface area contributed by atoms with Gasteiger partial charge in [-0.1, -0.05) is 37.8 Å². The number of aliphatic hydroxyl groups is 1. The number of hydrogen-bond donors (Lipinski definition) is 2. The fourth-order valence-electron chi connectivity index (χ4n) is 3.00. The largest absolute Gasteiger partial charge is 0.491 e. The van der Waals surface area contributed by atoms with E-state index in [-0.39, 0.29) is 24.7 Å². The zero-order valence-corrected chi connectivity index (χ0v) is 14.3. The molecular formula is C19H27NO4. The van der Waals surface area contributed by atoms with E-state index in [1.54, 1.807) is 24.3 Å². The second-order valence-corrected chi connectivity index (χ2v) is 6.61. The van der Waals surface area contributed by atoms with Crippen molar-refractivity contribution >= 4 is 11.7 Å². The van der Waals surface area contributed by atoms with Crippen molar-refractivity contribution in [3.05, 3.63) is 29.8 Å². The van der Waals surface area contributed by atoms with Crippen molar-refractivity contribution < 1.29 is 19.4 Å². The molecule has 5 nitrogen and oxygen atoms in total. The Morgan fingerprint density at radius 3 is 2.58 bits per heavy atom. The first kappa shape index (κ1) is 18.5. The van der Waals surface area contributed by atoms with Crippen molar-refractivity contribution in [2.75, 3.05) is 13.2 Å². The number of nitrogens with one attached hydrogen (secondary N) is 1. The van der Waals surface area contributed by atoms with Gasteiger partial charge in [-0.25, -0.2) is 0 Å². The van der Waals surface area contributed by atoms with Gasteiger partial charge in [-0.15, -0.1) is 0 Å². The first-order valence-corrected chi connectivity index (χ1v) is 8.71. The molecule has 2 N–H and O–H groups in total. The van der Waals surface area contributed by atoms with Crippen LogP contribution in [0.25, 0.3) is 0 Å². The summed E-state index contributed by atoms with van der Waals surface area (Å²) in [5.74, 6) is 0.414. The van der Waals surface area contributed by atoms with Gasteiger partial charge >= 0.3 is 0 Å². The molecule has 1 amide bonds. The van der Waals surface area contributed by atoms with E-state index in [1.807, 2.05) is 0 Å². The van der Waals surface area contributed by atoms with Gasteiger partial charge in [-0.05, 0) is 25.0 Å². The van der Waals surface area contributed by atoms with Gasteiger partial charge in [-0.3, -0.25) is 9.59 Å². The summed E-state index contributed by atoms with van der Waals surface area (Å²) in [4.78, 5) is 23.0. The predicted octanol–water partition coefficient (Wildman–Crippen LogP) is 2.86. The first-order chi connectivity index (χ1) is 11.5. The van der Waals surface area contributed by atoms with Gasteiger partial charge in [0, 0.05) is 25.5 Å². The number of carbonyl (C=O) groups is 2. The van der Waals surface area contributed by atoms with Crippen molar-refractivity contribution in [1.29, 1.82) is 0 Å². The van der Waals surface area contributed by atoms with Crippen molar-refractivity contribution in [3.63, 3.8) is 0 Å². The van der Waals surface area contributed by atoms with E-state index < -0.39 is 5.60 Å². The maximum atomic E-state index is 12.1. The molecule has 1 fully saturated rings. The third-order valence-electron chi connectivity index (χ3n) is 4.42. The highest BCUT2D eigenvalue weighted by atomic mass is 16.5. The molecule has 5 heteroatoms. The highest BCUT2D eigenvalue weighted by Crippen LogP contribution is 2.28. The van der Waals surface area contributed by atoms with Gasteiger partial charge in [0.25, 0.3) is 0 Å². The molecule has 1 aromatic rings. The predicted molar refractivity (Wildman–Crippen MR) is 92.2 cm³/mol. The van der Waals surface area contributed by atoms with E-state index in [1.165, 1.54) is 19.8 Å². The Morgan fingerprint density at radius 2 is 1.92 bits per heavy atom. The number of ketones is 1. The average Bonchev–Trinajstić information content (AvgIpc) is 2.78. The number of hydrogen-bond acceptors (Lipinski definition) is 4. The van der Waals surface area contributed by atoms with Gasteiger partial charge in [0.2, 0.25) is 5.91 Å². The molecule has 0 saturated heterocycles. The number of benzene rings is 1. The van der Waals surface area contributed by atoms with E-state index >= 15 is 0 Å². The van der Waals surface area contributed by atoms with E-state index in [0.717, 1.165) is 25.7 Å². The Hall–Kier alpha value is -1.88. The van der Waals surface area contributed by atoms with Crippen LogP contribution in [0.3, 0.4) is 0 Å². The third kappa shape index (κ3) is 5.96. The quantitative estimate of drug-likeness (QED) is 0.594. The molecule has 0 bridgehead atoms. The lowest BCUT2D eigenvalue weighted by Gasteiger charge is -2.26. The summed E-state index contributed by atoms with van der Waals surface area (Å²) in [5, 5.41) is 13.2. The smallest absolute Gasteiger partial charge is 0.216 e. The van der Waals surface area contributed by atoms with E-state index in [4.69, 9.17) is 4.74 Å². The third-order valence-corrected chi connectivity index (χ3v) is 4.42. The van der Waals surface area contributed by atoms with Crippen LogP contribution in [0.1, 0.15) is 62.2 Å². The topological polar surface area (TPSA) is 75.6 Å². The van der Waals surface area contributed by atoms with Crippen LogP contribution >= 0.6 is 0 Å². The minimum Gasteiger partial charge on any atom is -0.491 e. The fraction of sp³-hybridized carbons (Fsp3) is 0.579. The maximum absolute atomic E-state index is 12.1. The minimum atomic E-state index is -0.762. The molecule has 2 rings (SSSR count). The molecule has 1 saturated carbocycles. The number of Topliss-reactive ketones (excluding diaryl/α,β-unsaturated/α-hetero) is 1. The van der Waals surface area contributed by atoms with Crippen LogP contribution in [0.5, 0.6) is 5.75 Å². The first-order valence-electron chi connectivity index (χ1n) is 8.71. The van der Waals surface area contributed by atoms with Crippen LogP contribution in [-0.2, 0) is 4.79 Å². The van der Waals surface area contributed by atoms with Crippen molar-refractivity contribution in [2.45, 2.75) is 57.5 Å². The number of amides is 1. The lowest BCUT2D eigenvalue weighted by atomic mass is 9.96. The monoisotopic (exact) mass is 333 g/mol. The van der Waals surface area contributed by atoms with E-state index in [0.29, 0.717) is 17.9 Å². The number of rotatable bonds is 7. The van der Waals surface area contributed by atoms with Gasteiger partial charge in [0.1, 0.15) is 12.4 Å². The molecule has 1 aliphatic rings. The van der Waals surface area contributed by atoms with E-state index in [9.17, 15) is 14.7 Å². The SMILES string of the molecule is CC(=O)NCCC(=O)c1cccc(OCC2(O)CCCCCC2)c1. The minimum absolute atomic E-state index is 0.0395. The molecule has 0 unspecified atom stereocenters. The van der Waals surface area contributed by atoms with Crippen LogP contribution in [0.15, 0.2) is 24.3 Å². The van der Waals surface area contributed by atoms with Crippen molar-refractivity contribution in [2.24, 2.45) is 0 Å². The molecule has 1 aliphatic carbocycles. The average molecular weight is 333 g/mol. The summed E-state index contributed by atoms with van der Waals surface area (Å²) in [6.07, 6.45) is 6.18. The molecule has 0 radical (unpaired) electrons. The van der Waals surface area contributed by atoms with Gasteiger partial charge in [0.05, 0.1) is 5.60 Å². The van der Waals surface area contributed by atoms with Crippen LogP contribution in [0.2, 0.25) is 0 Å². The normalized spacial score (nSPS) is 16.9. The van der Waals surface area contributed by atoms with Crippen LogP contribution in [-0.4, -0.2) is 35.5 Å². The molecule has 24 heavy (non-hydrogen) atoms. The molecule has 0 heterocycles. The molecule has 1 aromatic carbocycles. The van der Waals surface area contributed by atoms with Gasteiger partial charge < -0.3 is 15.2 Å². The summed E-state index contributed by atoms with van der Waals surface area (Å²) >= 11 is 0. The Bertz CT molecular complexity index is 562. The maximum Gasteiger partial charge on any atom is 0.216 e. The van der Waals surface area contributed by atoms with Crippen LogP contribution in [0, 0.1) is 0 Å². The summed E-state index contributed by atoms with van der Waals surface area (Å²) < 4.78 is 5.77. The lowest BCUT2D eigenvalue weighted by molar-refractivity contribution is -0.118. The van der Waals surface area contributed by atoms with Gasteiger partial charge in [-0.2, -0.15) is 0 Å². The van der Waals surface area contributed by atoms with Crippen molar-refractivity contribution in [1.82, 2.24) is 5.32 Å². The van der Waals surface area contributed by atoms with Gasteiger partial charge in [0.15, 0.2) is 5.78 Å². The highest BCUT2D eigenvalue weighted by Gasteiger charge is 2.28. The standard InChI is InChI=1S/C19H27NO4/c1-15(21)20-12-9-18(22)16-7-6-8-17(13-16)24-14-19(23)10-4-2-3-5-11-19/h6-8,13,23H,2-5,9-12,14H2,1H3,(H,20,21).